The molecule has 152 valence electrons. The van der Waals surface area contributed by atoms with Gasteiger partial charge in [0, 0.05) is 29.9 Å². The fourth-order valence-electron chi connectivity index (χ4n) is 2.37. The van der Waals surface area contributed by atoms with Crippen molar-refractivity contribution in [2.75, 3.05) is 17.2 Å². The first-order valence-corrected chi connectivity index (χ1v) is 8.81. The number of hydrogen-bond acceptors (Lipinski definition) is 6. The summed E-state index contributed by atoms with van der Waals surface area (Å²) >= 11 is 0. The molecule has 2 N–H and O–H groups in total. The number of amides is 2. The zero-order valence-electron chi connectivity index (χ0n) is 16.1. The third kappa shape index (κ3) is 7.06. The number of benzene rings is 2. The van der Waals surface area contributed by atoms with Gasteiger partial charge in [-0.2, -0.15) is 0 Å². The van der Waals surface area contributed by atoms with Gasteiger partial charge < -0.3 is 15.4 Å². The lowest BCUT2D eigenvalue weighted by molar-refractivity contribution is -0.384. The van der Waals surface area contributed by atoms with Gasteiger partial charge in [-0.1, -0.05) is 12.1 Å². The summed E-state index contributed by atoms with van der Waals surface area (Å²) in [4.78, 5) is 45.6. The third-order valence-electron chi connectivity index (χ3n) is 4.05. The van der Waals surface area contributed by atoms with Crippen LogP contribution in [-0.4, -0.2) is 29.3 Å². The molecule has 0 spiro atoms. The Morgan fingerprint density at radius 2 is 1.62 bits per heavy atom. The lowest BCUT2D eigenvalue weighted by atomic mass is 10.1. The molecular formula is C20H21N3O6. The van der Waals surface area contributed by atoms with E-state index in [2.05, 4.69) is 10.6 Å². The van der Waals surface area contributed by atoms with Gasteiger partial charge >= 0.3 is 5.97 Å². The summed E-state index contributed by atoms with van der Waals surface area (Å²) in [5.74, 6) is -1.68. The number of nitro benzene ring substituents is 1. The molecule has 0 aliphatic rings. The standard InChI is InChI=1S/C20H21N3O6/c1-13-6-7-16(10-14(13)2)22-19(25)12-29-20(26)9-8-18(24)21-15-4-3-5-17(11-15)23(27)28/h3-7,10-11H,8-9,12H2,1-2H3,(H,21,24)(H,22,25). The maximum absolute atomic E-state index is 11.9. The number of nitrogens with zero attached hydrogens (tertiary/aromatic N) is 1. The molecule has 2 rings (SSSR count). The molecule has 0 fully saturated rings. The Morgan fingerprint density at radius 3 is 2.31 bits per heavy atom. The van der Waals surface area contributed by atoms with E-state index in [4.69, 9.17) is 4.74 Å². The van der Waals surface area contributed by atoms with Crippen molar-refractivity contribution in [1.29, 1.82) is 0 Å². The van der Waals surface area contributed by atoms with Crippen LogP contribution in [0.15, 0.2) is 42.5 Å². The first kappa shape index (κ1) is 21.5. The third-order valence-corrected chi connectivity index (χ3v) is 4.05. The van der Waals surface area contributed by atoms with Crippen molar-refractivity contribution >= 4 is 34.8 Å². The van der Waals surface area contributed by atoms with Crippen LogP contribution >= 0.6 is 0 Å². The number of rotatable bonds is 8. The molecule has 0 saturated heterocycles. The van der Waals surface area contributed by atoms with Gasteiger partial charge in [0.05, 0.1) is 11.3 Å². The van der Waals surface area contributed by atoms with Crippen LogP contribution in [0.5, 0.6) is 0 Å². The van der Waals surface area contributed by atoms with Crippen LogP contribution in [0.25, 0.3) is 0 Å². The molecule has 9 nitrogen and oxygen atoms in total. The second kappa shape index (κ2) is 9.98. The number of esters is 1. The van der Waals surface area contributed by atoms with E-state index in [1.165, 1.54) is 24.3 Å². The summed E-state index contributed by atoms with van der Waals surface area (Å²) in [6.07, 6.45) is -0.405. The highest BCUT2D eigenvalue weighted by atomic mass is 16.6. The summed E-state index contributed by atoms with van der Waals surface area (Å²) in [7, 11) is 0. The normalized spacial score (nSPS) is 10.1. The van der Waals surface area contributed by atoms with Gasteiger partial charge in [0.2, 0.25) is 5.91 Å². The van der Waals surface area contributed by atoms with E-state index in [1.54, 1.807) is 6.07 Å². The number of hydrogen-bond donors (Lipinski definition) is 2. The number of carbonyl (C=O) groups excluding carboxylic acids is 3. The summed E-state index contributed by atoms with van der Waals surface area (Å²) in [6, 6.07) is 10.9. The van der Waals surface area contributed by atoms with Gasteiger partial charge in [-0.05, 0) is 43.2 Å². The number of nitro groups is 1. The van der Waals surface area contributed by atoms with Crippen LogP contribution in [0.4, 0.5) is 17.1 Å². The van der Waals surface area contributed by atoms with Crippen LogP contribution < -0.4 is 10.6 Å². The summed E-state index contributed by atoms with van der Waals surface area (Å²) in [5.41, 5.74) is 2.82. The molecular weight excluding hydrogens is 378 g/mol. The SMILES string of the molecule is Cc1ccc(NC(=O)COC(=O)CCC(=O)Nc2cccc([N+](=O)[O-])c2)cc1C. The number of nitrogens with one attached hydrogen (secondary N) is 2. The largest absolute Gasteiger partial charge is 0.456 e. The number of ether oxygens (including phenoxy) is 1. The summed E-state index contributed by atoms with van der Waals surface area (Å²) in [5, 5.41) is 15.8. The minimum absolute atomic E-state index is 0.156. The van der Waals surface area contributed by atoms with Crippen molar-refractivity contribution in [3.05, 3.63) is 63.7 Å². The minimum Gasteiger partial charge on any atom is -0.456 e. The maximum atomic E-state index is 11.9. The molecule has 29 heavy (non-hydrogen) atoms. The minimum atomic E-state index is -0.700. The van der Waals surface area contributed by atoms with Crippen LogP contribution in [0.1, 0.15) is 24.0 Å². The zero-order valence-corrected chi connectivity index (χ0v) is 16.1. The Labute approximate surface area is 167 Å². The van der Waals surface area contributed by atoms with E-state index in [1.807, 2.05) is 26.0 Å². The lowest BCUT2D eigenvalue weighted by Gasteiger charge is -2.08. The molecule has 0 aliphatic heterocycles. The molecule has 0 saturated carbocycles. The van der Waals surface area contributed by atoms with Gasteiger partial charge in [-0.15, -0.1) is 0 Å². The Morgan fingerprint density at radius 1 is 0.931 bits per heavy atom. The average molecular weight is 399 g/mol. The van der Waals surface area contributed by atoms with Crippen LogP contribution in [0.3, 0.4) is 0 Å². The van der Waals surface area contributed by atoms with E-state index in [0.717, 1.165) is 11.1 Å². The number of carbonyl (C=O) groups is 3. The number of non-ortho nitro benzene ring substituents is 1. The molecule has 9 heteroatoms. The fraction of sp³-hybridized carbons (Fsp3) is 0.250. The highest BCUT2D eigenvalue weighted by Crippen LogP contribution is 2.17. The van der Waals surface area contributed by atoms with E-state index in [-0.39, 0.29) is 24.2 Å². The molecule has 0 aromatic heterocycles. The molecule has 0 bridgehead atoms. The van der Waals surface area contributed by atoms with E-state index < -0.39 is 29.3 Å². The van der Waals surface area contributed by atoms with Crippen LogP contribution in [-0.2, 0) is 19.1 Å². The highest BCUT2D eigenvalue weighted by Gasteiger charge is 2.12. The van der Waals surface area contributed by atoms with Crippen LogP contribution in [0, 0.1) is 24.0 Å². The van der Waals surface area contributed by atoms with Crippen molar-refractivity contribution in [2.45, 2.75) is 26.7 Å². The van der Waals surface area contributed by atoms with Gasteiger partial charge in [0.15, 0.2) is 6.61 Å². The van der Waals surface area contributed by atoms with Crippen LogP contribution in [0.2, 0.25) is 0 Å². The highest BCUT2D eigenvalue weighted by molar-refractivity contribution is 5.94. The Balaban J connectivity index is 1.72. The summed E-state index contributed by atoms with van der Waals surface area (Å²) < 4.78 is 4.86. The molecule has 0 atom stereocenters. The number of anilines is 2. The number of aryl methyl sites for hydroxylation is 2. The quantitative estimate of drug-likeness (QED) is 0.399. The molecule has 2 aromatic rings. The summed E-state index contributed by atoms with van der Waals surface area (Å²) in [6.45, 7) is 3.42. The first-order valence-electron chi connectivity index (χ1n) is 8.81. The van der Waals surface area contributed by atoms with Gasteiger partial charge in [0.1, 0.15) is 0 Å². The van der Waals surface area contributed by atoms with Gasteiger partial charge in [-0.3, -0.25) is 24.5 Å². The fourth-order valence-corrected chi connectivity index (χ4v) is 2.37. The zero-order chi connectivity index (χ0) is 21.4. The van der Waals surface area contributed by atoms with Crippen molar-refractivity contribution in [3.8, 4) is 0 Å². The predicted octanol–water partition coefficient (Wildman–Crippen LogP) is 3.11. The monoisotopic (exact) mass is 399 g/mol. The Bertz CT molecular complexity index is 942. The second-order valence-corrected chi connectivity index (χ2v) is 6.36. The molecule has 2 amide bonds. The molecule has 0 unspecified atom stereocenters. The predicted molar refractivity (Wildman–Crippen MR) is 106 cm³/mol. The van der Waals surface area contributed by atoms with Crippen molar-refractivity contribution in [3.63, 3.8) is 0 Å². The maximum Gasteiger partial charge on any atom is 0.306 e. The van der Waals surface area contributed by atoms with Gasteiger partial charge in [-0.25, -0.2) is 0 Å². The Kier molecular flexibility index (Phi) is 7.41. The van der Waals surface area contributed by atoms with E-state index in [9.17, 15) is 24.5 Å². The molecule has 0 radical (unpaired) electrons. The molecule has 0 aliphatic carbocycles. The smallest absolute Gasteiger partial charge is 0.306 e. The second-order valence-electron chi connectivity index (χ2n) is 6.36. The van der Waals surface area contributed by atoms with E-state index in [0.29, 0.717) is 5.69 Å². The Hall–Kier alpha value is -3.75. The van der Waals surface area contributed by atoms with Gasteiger partial charge in [0.25, 0.3) is 11.6 Å². The van der Waals surface area contributed by atoms with Crippen molar-refractivity contribution in [2.24, 2.45) is 0 Å². The first-order chi connectivity index (χ1) is 13.7. The lowest BCUT2D eigenvalue weighted by Crippen LogP contribution is -2.21. The van der Waals surface area contributed by atoms with E-state index >= 15 is 0 Å². The van der Waals surface area contributed by atoms with Crippen molar-refractivity contribution in [1.82, 2.24) is 0 Å². The topological polar surface area (TPSA) is 128 Å². The van der Waals surface area contributed by atoms with Crippen molar-refractivity contribution < 1.29 is 24.0 Å². The molecule has 2 aromatic carbocycles. The molecule has 0 heterocycles. The average Bonchev–Trinajstić information content (AvgIpc) is 2.68.